The number of anilines is 1. The number of aryl methyl sites for hydroxylation is 1. The van der Waals surface area contributed by atoms with Gasteiger partial charge in [0.2, 0.25) is 5.91 Å². The van der Waals surface area contributed by atoms with Crippen molar-refractivity contribution in [3.05, 3.63) is 68.2 Å². The van der Waals surface area contributed by atoms with Crippen molar-refractivity contribution in [2.45, 2.75) is 31.7 Å². The topological polar surface area (TPSA) is 93.5 Å². The zero-order valence-electron chi connectivity index (χ0n) is 16.2. The number of carbonyl (C=O) groups excluding carboxylic acids is 1. The van der Waals surface area contributed by atoms with Crippen LogP contribution in [0.2, 0.25) is 0 Å². The van der Waals surface area contributed by atoms with Crippen molar-refractivity contribution in [1.29, 1.82) is 0 Å². The van der Waals surface area contributed by atoms with Gasteiger partial charge in [0.25, 0.3) is 5.69 Å². The van der Waals surface area contributed by atoms with Gasteiger partial charge in [-0.15, -0.1) is 0 Å². The minimum Gasteiger partial charge on any atom is -0.381 e. The maximum Gasteiger partial charge on any atom is 0.271 e. The van der Waals surface area contributed by atoms with Gasteiger partial charge in [0.15, 0.2) is 0 Å². The van der Waals surface area contributed by atoms with E-state index < -0.39 is 4.92 Å². The van der Waals surface area contributed by atoms with E-state index in [1.165, 1.54) is 17.7 Å². The number of hydrogen-bond acceptors (Lipinski definition) is 5. The van der Waals surface area contributed by atoms with Crippen LogP contribution in [0.1, 0.15) is 30.4 Å². The first-order valence-electron chi connectivity index (χ1n) is 9.53. The van der Waals surface area contributed by atoms with Crippen molar-refractivity contribution in [1.82, 2.24) is 5.32 Å². The summed E-state index contributed by atoms with van der Waals surface area (Å²) in [5, 5.41) is 17.3. The molecule has 0 atom stereocenters. The molecule has 0 unspecified atom stereocenters. The molecule has 1 saturated heterocycles. The van der Waals surface area contributed by atoms with Crippen LogP contribution < -0.4 is 10.6 Å². The second-order valence-corrected chi connectivity index (χ2v) is 8.10. The molecule has 1 aliphatic rings. The van der Waals surface area contributed by atoms with E-state index in [0.717, 1.165) is 22.9 Å². The molecule has 2 aromatic carbocycles. The van der Waals surface area contributed by atoms with Gasteiger partial charge >= 0.3 is 0 Å². The summed E-state index contributed by atoms with van der Waals surface area (Å²) in [6.07, 6.45) is 1.92. The van der Waals surface area contributed by atoms with E-state index in [4.69, 9.17) is 4.74 Å². The Morgan fingerprint density at radius 2 is 2.00 bits per heavy atom. The number of carbonyl (C=O) groups is 1. The standard InChI is InChI=1S/C21H24BrN3O4/c1-15-5-6-18(25(27)28)14-19(15)24-20(26)7-10-23-21(8-11-29-12-9-21)16-3-2-4-17(22)13-16/h2-6,13-14,23H,7-12H2,1H3,(H,24,26). The van der Waals surface area contributed by atoms with Gasteiger partial charge < -0.3 is 15.4 Å². The minimum atomic E-state index is -0.469. The van der Waals surface area contributed by atoms with E-state index in [9.17, 15) is 14.9 Å². The molecule has 29 heavy (non-hydrogen) atoms. The van der Waals surface area contributed by atoms with Gasteiger partial charge in [0.05, 0.1) is 10.6 Å². The molecule has 1 fully saturated rings. The number of ether oxygens (including phenoxy) is 1. The maximum atomic E-state index is 12.4. The first-order valence-corrected chi connectivity index (χ1v) is 10.3. The Morgan fingerprint density at radius 3 is 2.69 bits per heavy atom. The van der Waals surface area contributed by atoms with Crippen LogP contribution in [0.5, 0.6) is 0 Å². The van der Waals surface area contributed by atoms with E-state index in [-0.39, 0.29) is 23.6 Å². The molecule has 0 radical (unpaired) electrons. The van der Waals surface area contributed by atoms with E-state index in [1.54, 1.807) is 6.07 Å². The second-order valence-electron chi connectivity index (χ2n) is 7.19. The third kappa shape index (κ3) is 5.41. The molecule has 0 spiro atoms. The molecular formula is C21H24BrN3O4. The lowest BCUT2D eigenvalue weighted by atomic mass is 9.82. The molecule has 2 aromatic rings. The number of nitro groups is 1. The molecular weight excluding hydrogens is 438 g/mol. The minimum absolute atomic E-state index is 0.0418. The molecule has 154 valence electrons. The van der Waals surface area contributed by atoms with Gasteiger partial charge in [-0.3, -0.25) is 14.9 Å². The summed E-state index contributed by atoms with van der Waals surface area (Å²) >= 11 is 3.53. The van der Waals surface area contributed by atoms with Gasteiger partial charge in [0.1, 0.15) is 0 Å². The first-order chi connectivity index (χ1) is 13.9. The van der Waals surface area contributed by atoms with Crippen molar-refractivity contribution in [3.63, 3.8) is 0 Å². The van der Waals surface area contributed by atoms with Crippen LogP contribution in [-0.4, -0.2) is 30.6 Å². The van der Waals surface area contributed by atoms with Crippen molar-refractivity contribution in [2.24, 2.45) is 0 Å². The number of rotatable bonds is 7. The Kier molecular flexibility index (Phi) is 7.00. The van der Waals surface area contributed by atoms with Crippen molar-refractivity contribution in [2.75, 3.05) is 25.1 Å². The van der Waals surface area contributed by atoms with Crippen molar-refractivity contribution >= 4 is 33.2 Å². The molecule has 8 heteroatoms. The molecule has 3 rings (SSSR count). The predicted octanol–water partition coefficient (Wildman–Crippen LogP) is 4.29. The number of benzene rings is 2. The highest BCUT2D eigenvalue weighted by atomic mass is 79.9. The Bertz CT molecular complexity index is 897. The SMILES string of the molecule is Cc1ccc([N+](=O)[O-])cc1NC(=O)CCNC1(c2cccc(Br)c2)CCOCC1. The lowest BCUT2D eigenvalue weighted by molar-refractivity contribution is -0.384. The van der Waals surface area contributed by atoms with Crippen LogP contribution in [0.4, 0.5) is 11.4 Å². The third-order valence-corrected chi connectivity index (χ3v) is 5.74. The lowest BCUT2D eigenvalue weighted by Crippen LogP contribution is -2.47. The smallest absolute Gasteiger partial charge is 0.271 e. The number of halogens is 1. The van der Waals surface area contributed by atoms with Gasteiger partial charge in [0, 0.05) is 48.3 Å². The summed E-state index contributed by atoms with van der Waals surface area (Å²) in [6, 6.07) is 12.7. The summed E-state index contributed by atoms with van der Waals surface area (Å²) in [5.41, 5.74) is 2.15. The van der Waals surface area contributed by atoms with Crippen LogP contribution in [0, 0.1) is 17.0 Å². The largest absolute Gasteiger partial charge is 0.381 e. The zero-order chi connectivity index (χ0) is 20.9. The van der Waals surface area contributed by atoms with E-state index in [1.807, 2.05) is 19.1 Å². The van der Waals surface area contributed by atoms with Gasteiger partial charge in [-0.2, -0.15) is 0 Å². The molecule has 1 aliphatic heterocycles. The highest BCUT2D eigenvalue weighted by molar-refractivity contribution is 9.10. The highest BCUT2D eigenvalue weighted by Gasteiger charge is 2.34. The lowest BCUT2D eigenvalue weighted by Gasteiger charge is -2.39. The van der Waals surface area contributed by atoms with Gasteiger partial charge in [-0.05, 0) is 43.0 Å². The molecule has 0 aromatic heterocycles. The summed E-state index contributed by atoms with van der Waals surface area (Å²) in [4.78, 5) is 22.9. The molecule has 0 saturated carbocycles. The first kappa shape index (κ1) is 21.4. The number of hydrogen-bond donors (Lipinski definition) is 2. The van der Waals surface area contributed by atoms with Crippen LogP contribution in [0.25, 0.3) is 0 Å². The third-order valence-electron chi connectivity index (χ3n) is 5.25. The second kappa shape index (κ2) is 9.47. The van der Waals surface area contributed by atoms with Gasteiger partial charge in [-0.1, -0.05) is 34.1 Å². The molecule has 0 aliphatic carbocycles. The molecule has 2 N–H and O–H groups in total. The fraction of sp³-hybridized carbons (Fsp3) is 0.381. The number of nitrogens with zero attached hydrogens (tertiary/aromatic N) is 1. The van der Waals surface area contributed by atoms with Crippen LogP contribution >= 0.6 is 15.9 Å². The van der Waals surface area contributed by atoms with Crippen molar-refractivity contribution < 1.29 is 14.5 Å². The Hall–Kier alpha value is -2.29. The maximum absolute atomic E-state index is 12.4. The fourth-order valence-electron chi connectivity index (χ4n) is 3.56. The molecule has 1 amide bonds. The number of amides is 1. The predicted molar refractivity (Wildman–Crippen MR) is 115 cm³/mol. The summed E-state index contributed by atoms with van der Waals surface area (Å²) < 4.78 is 6.56. The summed E-state index contributed by atoms with van der Waals surface area (Å²) in [7, 11) is 0. The molecule has 7 nitrogen and oxygen atoms in total. The van der Waals surface area contributed by atoms with Crippen LogP contribution in [-0.2, 0) is 15.1 Å². The summed E-state index contributed by atoms with van der Waals surface area (Å²) in [6.45, 7) is 3.63. The summed E-state index contributed by atoms with van der Waals surface area (Å²) in [5.74, 6) is -0.183. The van der Waals surface area contributed by atoms with E-state index in [2.05, 4.69) is 38.7 Å². The Morgan fingerprint density at radius 1 is 1.24 bits per heavy atom. The number of nitro benzene ring substituents is 1. The highest BCUT2D eigenvalue weighted by Crippen LogP contribution is 2.33. The van der Waals surface area contributed by atoms with Crippen LogP contribution in [0.3, 0.4) is 0 Å². The normalized spacial score (nSPS) is 15.7. The monoisotopic (exact) mass is 461 g/mol. The van der Waals surface area contributed by atoms with Crippen LogP contribution in [0.15, 0.2) is 46.9 Å². The fourth-order valence-corrected chi connectivity index (χ4v) is 3.96. The quantitative estimate of drug-likeness (QED) is 0.473. The van der Waals surface area contributed by atoms with Crippen molar-refractivity contribution in [3.8, 4) is 0 Å². The van der Waals surface area contributed by atoms with E-state index in [0.29, 0.717) is 25.4 Å². The zero-order valence-corrected chi connectivity index (χ0v) is 17.8. The van der Waals surface area contributed by atoms with E-state index >= 15 is 0 Å². The Labute approximate surface area is 178 Å². The number of nitrogens with one attached hydrogen (secondary N) is 2. The van der Waals surface area contributed by atoms with Gasteiger partial charge in [-0.25, -0.2) is 0 Å². The average molecular weight is 462 g/mol. The Balaban J connectivity index is 1.63. The molecule has 1 heterocycles. The average Bonchev–Trinajstić information content (AvgIpc) is 2.70. The number of non-ortho nitro benzene ring substituents is 1. The molecule has 0 bridgehead atoms.